The Bertz CT molecular complexity index is 372. The van der Waals surface area contributed by atoms with Crippen molar-refractivity contribution in [2.45, 2.75) is 53.0 Å². The average Bonchev–Trinajstić information content (AvgIpc) is 3.11. The minimum absolute atomic E-state index is 0.00365. The molecule has 1 N–H and O–H groups in total. The molecule has 1 aliphatic carbocycles. The van der Waals surface area contributed by atoms with Crippen molar-refractivity contribution in [1.29, 1.82) is 0 Å². The third-order valence-corrected chi connectivity index (χ3v) is 4.79. The first kappa shape index (κ1) is 14.4. The fourth-order valence-electron chi connectivity index (χ4n) is 2.92. The Labute approximate surface area is 115 Å². The summed E-state index contributed by atoms with van der Waals surface area (Å²) in [6, 6.07) is -0.349. The van der Waals surface area contributed by atoms with E-state index in [0.717, 1.165) is 6.54 Å². The normalized spacial score (nSPS) is 26.6. The Morgan fingerprint density at radius 3 is 2.37 bits per heavy atom. The second kappa shape index (κ2) is 5.14. The van der Waals surface area contributed by atoms with Crippen molar-refractivity contribution in [2.24, 2.45) is 17.3 Å². The molecule has 0 bridgehead atoms. The van der Waals surface area contributed by atoms with Gasteiger partial charge < -0.3 is 10.2 Å². The maximum absolute atomic E-state index is 12.6. The SMILES string of the molecule is CC(C)C1NC(=O)CCN(CC2(C(C)C)CC2)C1=O. The lowest BCUT2D eigenvalue weighted by Crippen LogP contribution is -2.49. The zero-order chi connectivity index (χ0) is 14.2. The van der Waals surface area contributed by atoms with Crippen molar-refractivity contribution in [3.05, 3.63) is 0 Å². The number of hydrogen-bond donors (Lipinski definition) is 1. The van der Waals surface area contributed by atoms with Crippen LogP contribution >= 0.6 is 0 Å². The molecule has 19 heavy (non-hydrogen) atoms. The highest BCUT2D eigenvalue weighted by molar-refractivity contribution is 5.90. The van der Waals surface area contributed by atoms with E-state index >= 15 is 0 Å². The highest BCUT2D eigenvalue weighted by Gasteiger charge is 2.48. The molecule has 0 aromatic heterocycles. The molecule has 1 aliphatic heterocycles. The third kappa shape index (κ3) is 2.93. The van der Waals surface area contributed by atoms with Gasteiger partial charge in [0.2, 0.25) is 11.8 Å². The highest BCUT2D eigenvalue weighted by atomic mass is 16.2. The number of nitrogens with zero attached hydrogens (tertiary/aromatic N) is 1. The summed E-state index contributed by atoms with van der Waals surface area (Å²) in [5, 5.41) is 2.86. The summed E-state index contributed by atoms with van der Waals surface area (Å²) >= 11 is 0. The van der Waals surface area contributed by atoms with Gasteiger partial charge in [-0.1, -0.05) is 27.7 Å². The third-order valence-electron chi connectivity index (χ3n) is 4.79. The van der Waals surface area contributed by atoms with Crippen molar-refractivity contribution in [1.82, 2.24) is 10.2 Å². The van der Waals surface area contributed by atoms with Crippen molar-refractivity contribution in [3.63, 3.8) is 0 Å². The predicted octanol–water partition coefficient (Wildman–Crippen LogP) is 1.80. The first-order valence-electron chi connectivity index (χ1n) is 7.44. The molecular formula is C15H26N2O2. The van der Waals surface area contributed by atoms with Crippen LogP contribution in [-0.4, -0.2) is 35.8 Å². The summed E-state index contributed by atoms with van der Waals surface area (Å²) in [4.78, 5) is 26.2. The molecule has 1 heterocycles. The topological polar surface area (TPSA) is 49.4 Å². The number of rotatable bonds is 4. The van der Waals surface area contributed by atoms with E-state index < -0.39 is 0 Å². The van der Waals surface area contributed by atoms with E-state index in [1.165, 1.54) is 12.8 Å². The van der Waals surface area contributed by atoms with Gasteiger partial charge in [0.1, 0.15) is 6.04 Å². The number of carbonyl (C=O) groups is 2. The van der Waals surface area contributed by atoms with Crippen LogP contribution in [0.25, 0.3) is 0 Å². The number of amides is 2. The minimum Gasteiger partial charge on any atom is -0.344 e. The summed E-state index contributed by atoms with van der Waals surface area (Å²) in [6.07, 6.45) is 2.85. The average molecular weight is 266 g/mol. The minimum atomic E-state index is -0.349. The Morgan fingerprint density at radius 1 is 1.26 bits per heavy atom. The monoisotopic (exact) mass is 266 g/mol. The molecule has 0 spiro atoms. The number of carbonyl (C=O) groups excluding carboxylic acids is 2. The lowest BCUT2D eigenvalue weighted by molar-refractivity contribution is -0.135. The van der Waals surface area contributed by atoms with Gasteiger partial charge in [0.15, 0.2) is 0 Å². The van der Waals surface area contributed by atoms with Crippen LogP contribution in [0.1, 0.15) is 47.0 Å². The van der Waals surface area contributed by atoms with E-state index in [2.05, 4.69) is 19.2 Å². The smallest absolute Gasteiger partial charge is 0.245 e. The first-order chi connectivity index (χ1) is 8.85. The van der Waals surface area contributed by atoms with Gasteiger partial charge >= 0.3 is 0 Å². The fraction of sp³-hybridized carbons (Fsp3) is 0.867. The first-order valence-corrected chi connectivity index (χ1v) is 7.44. The van der Waals surface area contributed by atoms with Crippen molar-refractivity contribution < 1.29 is 9.59 Å². The Hall–Kier alpha value is -1.06. The molecule has 1 saturated heterocycles. The van der Waals surface area contributed by atoms with Gasteiger partial charge in [-0.3, -0.25) is 9.59 Å². The van der Waals surface area contributed by atoms with Gasteiger partial charge in [0.25, 0.3) is 0 Å². The van der Waals surface area contributed by atoms with Crippen LogP contribution in [0.2, 0.25) is 0 Å². The second-order valence-electron chi connectivity index (χ2n) is 6.82. The molecule has 1 saturated carbocycles. The van der Waals surface area contributed by atoms with Gasteiger partial charge in [-0.15, -0.1) is 0 Å². The molecule has 108 valence electrons. The molecule has 2 rings (SSSR count). The van der Waals surface area contributed by atoms with Crippen molar-refractivity contribution >= 4 is 11.8 Å². The summed E-state index contributed by atoms with van der Waals surface area (Å²) in [5.41, 5.74) is 0.310. The lowest BCUT2D eigenvalue weighted by atomic mass is 9.91. The molecule has 1 unspecified atom stereocenters. The molecule has 0 aromatic rings. The standard InChI is InChI=1S/C15H26N2O2/c1-10(2)13-14(19)17(8-5-12(18)16-13)9-15(6-7-15)11(3)4/h10-11,13H,5-9H2,1-4H3,(H,16,18). The molecule has 2 aliphatic rings. The Kier molecular flexibility index (Phi) is 3.88. The van der Waals surface area contributed by atoms with Crippen LogP contribution in [-0.2, 0) is 9.59 Å². The molecular weight excluding hydrogens is 240 g/mol. The Morgan fingerprint density at radius 2 is 1.89 bits per heavy atom. The lowest BCUT2D eigenvalue weighted by Gasteiger charge is -2.31. The number of nitrogens with one attached hydrogen (secondary N) is 1. The van der Waals surface area contributed by atoms with E-state index in [1.807, 2.05) is 18.7 Å². The van der Waals surface area contributed by atoms with E-state index in [9.17, 15) is 9.59 Å². The van der Waals surface area contributed by atoms with E-state index in [1.54, 1.807) is 0 Å². The predicted molar refractivity (Wildman–Crippen MR) is 74.5 cm³/mol. The summed E-state index contributed by atoms with van der Waals surface area (Å²) in [6.45, 7) is 9.84. The van der Waals surface area contributed by atoms with Crippen molar-refractivity contribution in [2.75, 3.05) is 13.1 Å². The molecule has 4 heteroatoms. The van der Waals surface area contributed by atoms with Gasteiger partial charge in [-0.05, 0) is 30.1 Å². The van der Waals surface area contributed by atoms with Crippen LogP contribution in [0.15, 0.2) is 0 Å². The van der Waals surface area contributed by atoms with Crippen LogP contribution in [0.4, 0.5) is 0 Å². The Balaban J connectivity index is 2.11. The van der Waals surface area contributed by atoms with Crippen LogP contribution in [0.5, 0.6) is 0 Å². The van der Waals surface area contributed by atoms with Crippen LogP contribution in [0, 0.1) is 17.3 Å². The van der Waals surface area contributed by atoms with Gasteiger partial charge in [0.05, 0.1) is 0 Å². The maximum atomic E-state index is 12.6. The van der Waals surface area contributed by atoms with Gasteiger partial charge in [-0.2, -0.15) is 0 Å². The molecule has 2 fully saturated rings. The van der Waals surface area contributed by atoms with Crippen molar-refractivity contribution in [3.8, 4) is 0 Å². The fourth-order valence-corrected chi connectivity index (χ4v) is 2.92. The summed E-state index contributed by atoms with van der Waals surface area (Å²) < 4.78 is 0. The zero-order valence-electron chi connectivity index (χ0n) is 12.5. The largest absolute Gasteiger partial charge is 0.344 e. The molecule has 4 nitrogen and oxygen atoms in total. The molecule has 1 atom stereocenters. The van der Waals surface area contributed by atoms with E-state index in [-0.39, 0.29) is 23.8 Å². The maximum Gasteiger partial charge on any atom is 0.245 e. The molecule has 0 aromatic carbocycles. The summed E-state index contributed by atoms with van der Waals surface area (Å²) in [7, 11) is 0. The zero-order valence-corrected chi connectivity index (χ0v) is 12.5. The van der Waals surface area contributed by atoms with E-state index in [0.29, 0.717) is 24.3 Å². The second-order valence-corrected chi connectivity index (χ2v) is 6.82. The highest BCUT2D eigenvalue weighted by Crippen LogP contribution is 2.52. The van der Waals surface area contributed by atoms with Crippen LogP contribution in [0.3, 0.4) is 0 Å². The van der Waals surface area contributed by atoms with E-state index in [4.69, 9.17) is 0 Å². The van der Waals surface area contributed by atoms with Gasteiger partial charge in [-0.25, -0.2) is 0 Å². The molecule has 0 radical (unpaired) electrons. The number of hydrogen-bond acceptors (Lipinski definition) is 2. The van der Waals surface area contributed by atoms with Gasteiger partial charge in [0, 0.05) is 19.5 Å². The summed E-state index contributed by atoms with van der Waals surface area (Å²) in [5.74, 6) is 0.854. The molecule has 2 amide bonds. The van der Waals surface area contributed by atoms with Crippen LogP contribution < -0.4 is 5.32 Å². The quantitative estimate of drug-likeness (QED) is 0.843.